The number of aryl methyl sites for hydroxylation is 1. The topological polar surface area (TPSA) is 54.0 Å². The molecule has 1 aromatic rings. The lowest BCUT2D eigenvalue weighted by Crippen LogP contribution is -2.50. The van der Waals surface area contributed by atoms with Gasteiger partial charge in [-0.2, -0.15) is 0 Å². The summed E-state index contributed by atoms with van der Waals surface area (Å²) < 4.78 is 0. The van der Waals surface area contributed by atoms with Gasteiger partial charge in [-0.05, 0) is 27.8 Å². The zero-order chi connectivity index (χ0) is 11.5. The number of carbonyl (C=O) groups is 1. The summed E-state index contributed by atoms with van der Waals surface area (Å²) >= 11 is 1.60. The number of thiazole rings is 1. The van der Waals surface area contributed by atoms with E-state index in [9.17, 15) is 4.79 Å². The molecular weight excluding hydrogens is 210 g/mol. The number of aromatic nitrogens is 1. The molecule has 0 aliphatic rings. The molecule has 0 unspecified atom stereocenters. The highest BCUT2D eigenvalue weighted by Crippen LogP contribution is 2.11. The van der Waals surface area contributed by atoms with E-state index in [1.165, 1.54) is 0 Å². The first-order valence-electron chi connectivity index (χ1n) is 4.84. The van der Waals surface area contributed by atoms with Crippen LogP contribution in [0, 0.1) is 6.92 Å². The zero-order valence-corrected chi connectivity index (χ0v) is 10.4. The molecule has 15 heavy (non-hydrogen) atoms. The molecule has 1 aromatic heterocycles. The molecule has 1 heterocycles. The van der Waals surface area contributed by atoms with E-state index in [0.717, 1.165) is 9.88 Å². The molecule has 0 aliphatic heterocycles. The van der Waals surface area contributed by atoms with E-state index < -0.39 is 5.54 Å². The molecule has 0 aliphatic carbocycles. The minimum atomic E-state index is -0.535. The molecule has 1 rings (SSSR count). The number of hydrogen-bond acceptors (Lipinski definition) is 4. The molecule has 0 radical (unpaired) electrons. The molecule has 84 valence electrons. The van der Waals surface area contributed by atoms with Gasteiger partial charge in [0.25, 0.3) is 0 Å². The van der Waals surface area contributed by atoms with Gasteiger partial charge in [0, 0.05) is 11.1 Å². The molecule has 2 N–H and O–H groups in total. The van der Waals surface area contributed by atoms with Crippen LogP contribution in [0.25, 0.3) is 0 Å². The highest BCUT2D eigenvalue weighted by atomic mass is 32.1. The van der Waals surface area contributed by atoms with Gasteiger partial charge in [-0.3, -0.25) is 4.79 Å². The van der Waals surface area contributed by atoms with Crippen LogP contribution in [0.5, 0.6) is 0 Å². The van der Waals surface area contributed by atoms with E-state index in [1.54, 1.807) is 18.4 Å². The first-order valence-corrected chi connectivity index (χ1v) is 5.66. The van der Waals surface area contributed by atoms with Crippen LogP contribution >= 0.6 is 11.3 Å². The number of rotatable bonds is 4. The molecular formula is C10H17N3OS. The Morgan fingerprint density at radius 2 is 2.27 bits per heavy atom. The molecule has 0 spiro atoms. The summed E-state index contributed by atoms with van der Waals surface area (Å²) in [7, 11) is 1.77. The Kier molecular flexibility index (Phi) is 3.82. The summed E-state index contributed by atoms with van der Waals surface area (Å²) in [6.45, 7) is 6.19. The fourth-order valence-corrected chi connectivity index (χ4v) is 1.70. The van der Waals surface area contributed by atoms with Gasteiger partial charge < -0.3 is 10.6 Å². The fraction of sp³-hybridized carbons (Fsp3) is 0.600. The Labute approximate surface area is 94.1 Å². The summed E-state index contributed by atoms with van der Waals surface area (Å²) in [4.78, 5) is 17.0. The zero-order valence-electron chi connectivity index (χ0n) is 9.55. The van der Waals surface area contributed by atoms with Crippen molar-refractivity contribution >= 4 is 17.2 Å². The predicted molar refractivity (Wildman–Crippen MR) is 61.8 cm³/mol. The highest BCUT2D eigenvalue weighted by Gasteiger charge is 2.24. The first kappa shape index (κ1) is 12.1. The quantitative estimate of drug-likeness (QED) is 0.809. The van der Waals surface area contributed by atoms with Crippen molar-refractivity contribution in [2.45, 2.75) is 32.9 Å². The van der Waals surface area contributed by atoms with Gasteiger partial charge in [-0.25, -0.2) is 4.98 Å². The normalized spacial score (nSPS) is 11.5. The van der Waals surface area contributed by atoms with Crippen molar-refractivity contribution in [3.63, 3.8) is 0 Å². The number of nitrogens with one attached hydrogen (secondary N) is 2. The summed E-state index contributed by atoms with van der Waals surface area (Å²) in [5.74, 6) is -0.0159. The minimum Gasteiger partial charge on any atom is -0.348 e. The lowest BCUT2D eigenvalue weighted by molar-refractivity contribution is -0.126. The van der Waals surface area contributed by atoms with Crippen LogP contribution in [0.15, 0.2) is 6.20 Å². The lowest BCUT2D eigenvalue weighted by atomic mass is 10.1. The van der Waals surface area contributed by atoms with E-state index in [2.05, 4.69) is 15.6 Å². The molecule has 0 saturated carbocycles. The number of hydrogen-bond donors (Lipinski definition) is 2. The molecule has 0 saturated heterocycles. The molecule has 0 fully saturated rings. The second-order valence-electron chi connectivity index (χ2n) is 3.92. The largest absolute Gasteiger partial charge is 0.348 e. The van der Waals surface area contributed by atoms with E-state index in [4.69, 9.17) is 0 Å². The smallest absolute Gasteiger partial charge is 0.240 e. The molecule has 4 nitrogen and oxygen atoms in total. The summed E-state index contributed by atoms with van der Waals surface area (Å²) in [5, 5.41) is 6.74. The van der Waals surface area contributed by atoms with Gasteiger partial charge in [-0.1, -0.05) is 0 Å². The highest BCUT2D eigenvalue weighted by molar-refractivity contribution is 7.11. The summed E-state index contributed by atoms with van der Waals surface area (Å²) in [6.07, 6.45) is 1.81. The second-order valence-corrected chi connectivity index (χ2v) is 5.24. The van der Waals surface area contributed by atoms with Crippen molar-refractivity contribution < 1.29 is 4.79 Å². The lowest BCUT2D eigenvalue weighted by Gasteiger charge is -2.22. The average molecular weight is 227 g/mol. The maximum absolute atomic E-state index is 11.7. The van der Waals surface area contributed by atoms with Gasteiger partial charge in [0.05, 0.1) is 12.1 Å². The predicted octanol–water partition coefficient (Wildman–Crippen LogP) is 1.07. The Bertz CT molecular complexity index is 346. The van der Waals surface area contributed by atoms with Gasteiger partial charge in [0.15, 0.2) is 0 Å². The van der Waals surface area contributed by atoms with Gasteiger partial charge in [0.2, 0.25) is 5.91 Å². The molecule has 0 bridgehead atoms. The standard InChI is InChI=1S/C10H17N3OS/c1-7-5-12-8(15-7)6-13-9(14)10(2,3)11-4/h5,11H,6H2,1-4H3,(H,13,14). The summed E-state index contributed by atoms with van der Waals surface area (Å²) in [5.41, 5.74) is -0.535. The Morgan fingerprint density at radius 1 is 1.60 bits per heavy atom. The van der Waals surface area contributed by atoms with Crippen LogP contribution in [0.3, 0.4) is 0 Å². The van der Waals surface area contributed by atoms with Crippen LogP contribution in [-0.4, -0.2) is 23.5 Å². The van der Waals surface area contributed by atoms with E-state index >= 15 is 0 Å². The third-order valence-electron chi connectivity index (χ3n) is 2.26. The molecule has 1 amide bonds. The van der Waals surface area contributed by atoms with Crippen molar-refractivity contribution in [1.29, 1.82) is 0 Å². The van der Waals surface area contributed by atoms with E-state index in [-0.39, 0.29) is 5.91 Å². The van der Waals surface area contributed by atoms with Crippen LogP contribution in [-0.2, 0) is 11.3 Å². The Morgan fingerprint density at radius 3 is 2.73 bits per heavy atom. The Balaban J connectivity index is 2.47. The van der Waals surface area contributed by atoms with E-state index in [0.29, 0.717) is 6.54 Å². The third-order valence-corrected chi connectivity index (χ3v) is 3.17. The van der Waals surface area contributed by atoms with Gasteiger partial charge in [-0.15, -0.1) is 11.3 Å². The third kappa shape index (κ3) is 3.28. The second kappa shape index (κ2) is 4.72. The maximum atomic E-state index is 11.7. The maximum Gasteiger partial charge on any atom is 0.240 e. The van der Waals surface area contributed by atoms with E-state index in [1.807, 2.05) is 27.0 Å². The number of amides is 1. The first-order chi connectivity index (χ1) is 6.95. The number of carbonyl (C=O) groups excluding carboxylic acids is 1. The fourth-order valence-electron chi connectivity index (χ4n) is 0.974. The van der Waals surface area contributed by atoms with Crippen molar-refractivity contribution in [2.24, 2.45) is 0 Å². The number of likely N-dealkylation sites (N-methyl/N-ethyl adjacent to an activating group) is 1. The molecule has 0 atom stereocenters. The molecule has 0 aromatic carbocycles. The van der Waals surface area contributed by atoms with Crippen LogP contribution in [0.1, 0.15) is 23.7 Å². The van der Waals surface area contributed by atoms with Crippen LogP contribution in [0.4, 0.5) is 0 Å². The minimum absolute atomic E-state index is 0.0159. The van der Waals surface area contributed by atoms with Gasteiger partial charge in [0.1, 0.15) is 5.01 Å². The van der Waals surface area contributed by atoms with Crippen molar-refractivity contribution in [3.8, 4) is 0 Å². The summed E-state index contributed by atoms with van der Waals surface area (Å²) in [6, 6.07) is 0. The van der Waals surface area contributed by atoms with Crippen molar-refractivity contribution in [2.75, 3.05) is 7.05 Å². The van der Waals surface area contributed by atoms with Crippen LogP contribution in [0.2, 0.25) is 0 Å². The van der Waals surface area contributed by atoms with Crippen molar-refractivity contribution in [1.82, 2.24) is 15.6 Å². The monoisotopic (exact) mass is 227 g/mol. The molecule has 5 heteroatoms. The van der Waals surface area contributed by atoms with Crippen LogP contribution < -0.4 is 10.6 Å². The Hall–Kier alpha value is -0.940. The van der Waals surface area contributed by atoms with Crippen molar-refractivity contribution in [3.05, 3.63) is 16.1 Å². The number of nitrogens with zero attached hydrogens (tertiary/aromatic N) is 1. The van der Waals surface area contributed by atoms with Gasteiger partial charge >= 0.3 is 0 Å². The average Bonchev–Trinajstić information content (AvgIpc) is 2.60. The SMILES string of the molecule is CNC(C)(C)C(=O)NCc1ncc(C)s1.